The molecule has 0 aromatic carbocycles. The molecule has 0 saturated carbocycles. The molecule has 1 atom stereocenters. The van der Waals surface area contributed by atoms with Crippen LogP contribution in [0.4, 0.5) is 0 Å². The van der Waals surface area contributed by atoms with Crippen molar-refractivity contribution in [2.75, 3.05) is 26.2 Å². The van der Waals surface area contributed by atoms with Gasteiger partial charge in [0.25, 0.3) is 0 Å². The third kappa shape index (κ3) is 3.82. The van der Waals surface area contributed by atoms with Gasteiger partial charge >= 0.3 is 0 Å². The first-order valence-electron chi connectivity index (χ1n) is 7.21. The van der Waals surface area contributed by atoms with Gasteiger partial charge in [0.1, 0.15) is 0 Å². The average molecular weight is 250 g/mol. The summed E-state index contributed by atoms with van der Waals surface area (Å²) in [4.78, 5) is 6.86. The van der Waals surface area contributed by atoms with E-state index in [-0.39, 0.29) is 0 Å². The first-order valence-corrected chi connectivity index (χ1v) is 7.21. The standard InChI is InChI=1S/C14H26N4/c1-3-15-8-14-9-16-12-18(14)11-13(2)10-17-6-4-5-7-17/h9,12-13,15H,3-8,10-11H2,1-2H3. The molecule has 2 rings (SSSR count). The predicted molar refractivity (Wildman–Crippen MR) is 74.4 cm³/mol. The average Bonchev–Trinajstić information content (AvgIpc) is 2.98. The Kier molecular flexibility index (Phi) is 5.20. The lowest BCUT2D eigenvalue weighted by Crippen LogP contribution is -2.28. The van der Waals surface area contributed by atoms with Crippen molar-refractivity contribution in [3.8, 4) is 0 Å². The van der Waals surface area contributed by atoms with Gasteiger partial charge in [-0.3, -0.25) is 0 Å². The Bertz CT molecular complexity index is 341. The highest BCUT2D eigenvalue weighted by Gasteiger charge is 2.15. The van der Waals surface area contributed by atoms with E-state index in [1.54, 1.807) is 0 Å². The fourth-order valence-corrected chi connectivity index (χ4v) is 2.71. The van der Waals surface area contributed by atoms with Crippen LogP contribution in [0, 0.1) is 5.92 Å². The Labute approximate surface area is 110 Å². The van der Waals surface area contributed by atoms with Crippen LogP contribution in [-0.2, 0) is 13.1 Å². The fraction of sp³-hybridized carbons (Fsp3) is 0.786. The van der Waals surface area contributed by atoms with E-state index in [1.165, 1.54) is 38.2 Å². The summed E-state index contributed by atoms with van der Waals surface area (Å²) in [5.41, 5.74) is 1.30. The maximum atomic E-state index is 4.27. The minimum atomic E-state index is 0.692. The van der Waals surface area contributed by atoms with Crippen LogP contribution in [0.3, 0.4) is 0 Å². The summed E-state index contributed by atoms with van der Waals surface area (Å²) in [6, 6.07) is 0. The number of nitrogens with one attached hydrogen (secondary N) is 1. The van der Waals surface area contributed by atoms with Gasteiger partial charge in [0, 0.05) is 25.8 Å². The van der Waals surface area contributed by atoms with Crippen LogP contribution in [-0.4, -0.2) is 40.6 Å². The summed E-state index contributed by atoms with van der Waals surface area (Å²) in [5, 5.41) is 3.37. The first-order chi connectivity index (χ1) is 8.79. The van der Waals surface area contributed by atoms with E-state index in [1.807, 2.05) is 12.5 Å². The molecule has 1 aromatic heterocycles. The molecule has 102 valence electrons. The van der Waals surface area contributed by atoms with Crippen LogP contribution >= 0.6 is 0 Å². The zero-order valence-corrected chi connectivity index (χ0v) is 11.7. The van der Waals surface area contributed by atoms with E-state index in [4.69, 9.17) is 0 Å². The highest BCUT2D eigenvalue weighted by molar-refractivity contribution is 4.98. The first kappa shape index (κ1) is 13.6. The Hall–Kier alpha value is -0.870. The lowest BCUT2D eigenvalue weighted by Gasteiger charge is -2.21. The quantitative estimate of drug-likeness (QED) is 0.800. The SMILES string of the molecule is CCNCc1cncn1CC(C)CN1CCCC1. The van der Waals surface area contributed by atoms with Crippen LogP contribution in [0.15, 0.2) is 12.5 Å². The molecule has 1 aliphatic rings. The number of rotatable bonds is 7. The van der Waals surface area contributed by atoms with Crippen molar-refractivity contribution >= 4 is 0 Å². The summed E-state index contributed by atoms with van der Waals surface area (Å²) in [7, 11) is 0. The van der Waals surface area contributed by atoms with Gasteiger partial charge in [-0.1, -0.05) is 13.8 Å². The van der Waals surface area contributed by atoms with E-state index in [2.05, 4.69) is 33.6 Å². The molecule has 1 saturated heterocycles. The molecule has 0 radical (unpaired) electrons. The molecule has 1 unspecified atom stereocenters. The summed E-state index contributed by atoms with van der Waals surface area (Å²) in [6.07, 6.45) is 6.70. The molecule has 0 bridgehead atoms. The van der Waals surface area contributed by atoms with E-state index in [0.717, 1.165) is 19.6 Å². The predicted octanol–water partition coefficient (Wildman–Crippen LogP) is 1.72. The second-order valence-corrected chi connectivity index (χ2v) is 5.43. The molecule has 1 N–H and O–H groups in total. The lowest BCUT2D eigenvalue weighted by atomic mass is 10.1. The third-order valence-corrected chi connectivity index (χ3v) is 3.63. The summed E-state index contributed by atoms with van der Waals surface area (Å²) < 4.78 is 2.30. The highest BCUT2D eigenvalue weighted by atomic mass is 15.1. The van der Waals surface area contributed by atoms with E-state index >= 15 is 0 Å². The maximum Gasteiger partial charge on any atom is 0.0948 e. The molecule has 1 aromatic rings. The van der Waals surface area contributed by atoms with Gasteiger partial charge in [-0.2, -0.15) is 0 Å². The second kappa shape index (κ2) is 6.90. The molecule has 0 aliphatic carbocycles. The number of hydrogen-bond donors (Lipinski definition) is 1. The molecule has 0 amide bonds. The maximum absolute atomic E-state index is 4.27. The molecular weight excluding hydrogens is 224 g/mol. The monoisotopic (exact) mass is 250 g/mol. The largest absolute Gasteiger partial charge is 0.333 e. The van der Waals surface area contributed by atoms with Crippen LogP contribution in [0.5, 0.6) is 0 Å². The van der Waals surface area contributed by atoms with E-state index < -0.39 is 0 Å². The molecular formula is C14H26N4. The van der Waals surface area contributed by atoms with Crippen molar-refractivity contribution in [2.24, 2.45) is 5.92 Å². The van der Waals surface area contributed by atoms with E-state index in [0.29, 0.717) is 5.92 Å². The summed E-state index contributed by atoms with van der Waals surface area (Å²) in [5.74, 6) is 0.692. The summed E-state index contributed by atoms with van der Waals surface area (Å²) >= 11 is 0. The van der Waals surface area contributed by atoms with Gasteiger partial charge in [-0.05, 0) is 38.4 Å². The van der Waals surface area contributed by atoms with Crippen molar-refractivity contribution in [2.45, 2.75) is 39.8 Å². The van der Waals surface area contributed by atoms with Crippen LogP contribution < -0.4 is 5.32 Å². The summed E-state index contributed by atoms with van der Waals surface area (Å²) in [6.45, 7) is 11.3. The van der Waals surface area contributed by atoms with Crippen molar-refractivity contribution in [3.05, 3.63) is 18.2 Å². The van der Waals surface area contributed by atoms with Crippen LogP contribution in [0.25, 0.3) is 0 Å². The lowest BCUT2D eigenvalue weighted by molar-refractivity contribution is 0.270. The zero-order valence-electron chi connectivity index (χ0n) is 11.7. The third-order valence-electron chi connectivity index (χ3n) is 3.63. The number of likely N-dealkylation sites (tertiary alicyclic amines) is 1. The number of imidazole rings is 1. The van der Waals surface area contributed by atoms with Crippen molar-refractivity contribution in [3.63, 3.8) is 0 Å². The van der Waals surface area contributed by atoms with Crippen molar-refractivity contribution in [1.29, 1.82) is 0 Å². The number of aromatic nitrogens is 2. The molecule has 4 nitrogen and oxygen atoms in total. The van der Waals surface area contributed by atoms with Crippen molar-refractivity contribution in [1.82, 2.24) is 19.8 Å². The van der Waals surface area contributed by atoms with Gasteiger partial charge in [0.15, 0.2) is 0 Å². The van der Waals surface area contributed by atoms with E-state index in [9.17, 15) is 0 Å². The minimum Gasteiger partial charge on any atom is -0.333 e. The van der Waals surface area contributed by atoms with Gasteiger partial charge < -0.3 is 14.8 Å². The Morgan fingerprint density at radius 3 is 2.83 bits per heavy atom. The molecule has 0 spiro atoms. The fourth-order valence-electron chi connectivity index (χ4n) is 2.71. The Morgan fingerprint density at radius 1 is 1.33 bits per heavy atom. The number of hydrogen-bond acceptors (Lipinski definition) is 3. The van der Waals surface area contributed by atoms with Gasteiger partial charge in [0.05, 0.1) is 12.0 Å². The Balaban J connectivity index is 1.81. The molecule has 1 fully saturated rings. The smallest absolute Gasteiger partial charge is 0.0948 e. The van der Waals surface area contributed by atoms with Crippen LogP contribution in [0.2, 0.25) is 0 Å². The number of nitrogens with zero attached hydrogens (tertiary/aromatic N) is 3. The Morgan fingerprint density at radius 2 is 2.11 bits per heavy atom. The second-order valence-electron chi connectivity index (χ2n) is 5.43. The van der Waals surface area contributed by atoms with Gasteiger partial charge in [-0.25, -0.2) is 4.98 Å². The minimum absolute atomic E-state index is 0.692. The molecule has 1 aliphatic heterocycles. The normalized spacial score (nSPS) is 18.3. The van der Waals surface area contributed by atoms with Crippen molar-refractivity contribution < 1.29 is 0 Å². The topological polar surface area (TPSA) is 33.1 Å². The zero-order chi connectivity index (χ0) is 12.8. The van der Waals surface area contributed by atoms with Gasteiger partial charge in [0.2, 0.25) is 0 Å². The van der Waals surface area contributed by atoms with Crippen LogP contribution in [0.1, 0.15) is 32.4 Å². The van der Waals surface area contributed by atoms with Gasteiger partial charge in [-0.15, -0.1) is 0 Å². The molecule has 2 heterocycles. The molecule has 18 heavy (non-hydrogen) atoms. The molecule has 4 heteroatoms. The highest BCUT2D eigenvalue weighted by Crippen LogP contribution is 2.12.